The molecule has 2 amide bonds. The maximum atomic E-state index is 12.4. The van der Waals surface area contributed by atoms with Crippen LogP contribution in [0.25, 0.3) is 0 Å². The van der Waals surface area contributed by atoms with Gasteiger partial charge in [0.1, 0.15) is 6.04 Å². The number of hydrogen-bond acceptors (Lipinski definition) is 4. The highest BCUT2D eigenvalue weighted by Crippen LogP contribution is 2.27. The molecule has 1 atom stereocenters. The van der Waals surface area contributed by atoms with Gasteiger partial charge < -0.3 is 5.11 Å². The number of amides is 2. The summed E-state index contributed by atoms with van der Waals surface area (Å²) in [7, 11) is 0. The molecule has 0 bridgehead atoms. The Hall–Kier alpha value is -2.60. The Bertz CT molecular complexity index is 740. The zero-order valence-electron chi connectivity index (χ0n) is 12.0. The van der Waals surface area contributed by atoms with Crippen LogP contribution in [0.4, 0.5) is 0 Å². The molecule has 116 valence electrons. The van der Waals surface area contributed by atoms with Crippen LogP contribution < -0.4 is 0 Å². The molecule has 2 aromatic rings. The fourth-order valence-electron chi connectivity index (χ4n) is 2.44. The molecule has 6 heteroatoms. The van der Waals surface area contributed by atoms with Crippen LogP contribution in [0.2, 0.25) is 0 Å². The topological polar surface area (TPSA) is 74.7 Å². The van der Waals surface area contributed by atoms with E-state index in [1.54, 1.807) is 24.3 Å². The summed E-state index contributed by atoms with van der Waals surface area (Å²) in [5, 5.41) is 9.47. The van der Waals surface area contributed by atoms with Gasteiger partial charge in [-0.1, -0.05) is 30.3 Å². The highest BCUT2D eigenvalue weighted by molar-refractivity contribution is 7.99. The van der Waals surface area contributed by atoms with Gasteiger partial charge in [0.2, 0.25) is 0 Å². The molecule has 1 N–H and O–H groups in total. The molecule has 1 aliphatic heterocycles. The van der Waals surface area contributed by atoms with E-state index in [1.165, 1.54) is 11.8 Å². The van der Waals surface area contributed by atoms with Crippen LogP contribution >= 0.6 is 11.8 Å². The van der Waals surface area contributed by atoms with Crippen LogP contribution in [0.1, 0.15) is 20.7 Å². The van der Waals surface area contributed by atoms with Gasteiger partial charge in [-0.2, -0.15) is 0 Å². The summed E-state index contributed by atoms with van der Waals surface area (Å²) in [5.41, 5.74) is 0.516. The van der Waals surface area contributed by atoms with Crippen molar-refractivity contribution < 1.29 is 19.5 Å². The molecule has 23 heavy (non-hydrogen) atoms. The van der Waals surface area contributed by atoms with E-state index in [-0.39, 0.29) is 16.9 Å². The van der Waals surface area contributed by atoms with E-state index in [2.05, 4.69) is 0 Å². The Kier molecular flexibility index (Phi) is 4.16. The Morgan fingerprint density at radius 2 is 1.48 bits per heavy atom. The fraction of sp³-hybridized carbons (Fsp3) is 0.118. The quantitative estimate of drug-likeness (QED) is 0.675. The number of nitrogens with zero attached hydrogens (tertiary/aromatic N) is 1. The van der Waals surface area contributed by atoms with Crippen LogP contribution in [-0.2, 0) is 4.79 Å². The van der Waals surface area contributed by atoms with Crippen molar-refractivity contribution in [2.24, 2.45) is 0 Å². The molecule has 0 spiro atoms. The van der Waals surface area contributed by atoms with E-state index < -0.39 is 23.8 Å². The Morgan fingerprint density at radius 3 is 2.00 bits per heavy atom. The Morgan fingerprint density at radius 1 is 0.957 bits per heavy atom. The first-order chi connectivity index (χ1) is 11.1. The predicted molar refractivity (Wildman–Crippen MR) is 85.5 cm³/mol. The lowest BCUT2D eigenvalue weighted by Crippen LogP contribution is -2.46. The first kappa shape index (κ1) is 15.3. The van der Waals surface area contributed by atoms with Crippen LogP contribution in [0.15, 0.2) is 59.5 Å². The van der Waals surface area contributed by atoms with E-state index in [0.717, 1.165) is 9.80 Å². The number of rotatable bonds is 5. The Balaban J connectivity index is 1.84. The van der Waals surface area contributed by atoms with Crippen molar-refractivity contribution in [1.29, 1.82) is 0 Å². The van der Waals surface area contributed by atoms with Crippen molar-refractivity contribution in [3.63, 3.8) is 0 Å². The summed E-state index contributed by atoms with van der Waals surface area (Å²) in [5.74, 6) is -2.19. The number of carboxylic acid groups (broad SMARTS) is 1. The molecule has 5 nitrogen and oxygen atoms in total. The van der Waals surface area contributed by atoms with Gasteiger partial charge in [0, 0.05) is 10.6 Å². The molecule has 0 radical (unpaired) electrons. The zero-order chi connectivity index (χ0) is 16.4. The second kappa shape index (κ2) is 6.26. The lowest BCUT2D eigenvalue weighted by atomic mass is 10.1. The first-order valence-electron chi connectivity index (χ1n) is 6.97. The minimum atomic E-state index is -1.20. The molecule has 3 rings (SSSR count). The minimum Gasteiger partial charge on any atom is -0.480 e. The smallest absolute Gasteiger partial charge is 0.327 e. The number of thioether (sulfide) groups is 1. The maximum Gasteiger partial charge on any atom is 0.327 e. The van der Waals surface area contributed by atoms with Gasteiger partial charge in [0.15, 0.2) is 0 Å². The molecule has 1 unspecified atom stereocenters. The third-order valence-electron chi connectivity index (χ3n) is 3.57. The van der Waals surface area contributed by atoms with E-state index in [4.69, 9.17) is 0 Å². The molecule has 0 aromatic heterocycles. The van der Waals surface area contributed by atoms with Crippen molar-refractivity contribution in [2.45, 2.75) is 10.9 Å². The minimum absolute atomic E-state index is 0.102. The second-order valence-corrected chi connectivity index (χ2v) is 6.10. The standard InChI is InChI=1S/C17H13NO4S/c19-15-12-8-4-5-9-13(12)16(20)18(15)14(17(21)22)10-23-11-6-2-1-3-7-11/h1-9,14H,10H2,(H,21,22). The zero-order valence-corrected chi connectivity index (χ0v) is 12.8. The van der Waals surface area contributed by atoms with Crippen LogP contribution in [-0.4, -0.2) is 39.6 Å². The number of aliphatic carboxylic acids is 1. The summed E-state index contributed by atoms with van der Waals surface area (Å²) in [6.07, 6.45) is 0. The SMILES string of the molecule is O=C(O)C(CSc1ccccc1)N1C(=O)c2ccccc2C1=O. The van der Waals surface area contributed by atoms with Gasteiger partial charge in [-0.25, -0.2) is 4.79 Å². The number of benzene rings is 2. The fourth-order valence-corrected chi connectivity index (χ4v) is 3.43. The van der Waals surface area contributed by atoms with Crippen LogP contribution in [0, 0.1) is 0 Å². The average molecular weight is 327 g/mol. The molecule has 0 fully saturated rings. The number of imide groups is 1. The third-order valence-corrected chi connectivity index (χ3v) is 4.66. The van der Waals surface area contributed by atoms with Crippen molar-refractivity contribution >= 4 is 29.5 Å². The van der Waals surface area contributed by atoms with Crippen molar-refractivity contribution in [2.75, 3.05) is 5.75 Å². The van der Waals surface area contributed by atoms with Gasteiger partial charge in [0.25, 0.3) is 11.8 Å². The van der Waals surface area contributed by atoms with Gasteiger partial charge >= 0.3 is 5.97 Å². The van der Waals surface area contributed by atoms with E-state index in [9.17, 15) is 19.5 Å². The first-order valence-corrected chi connectivity index (χ1v) is 7.95. The summed E-state index contributed by atoms with van der Waals surface area (Å²) < 4.78 is 0. The molecule has 1 heterocycles. The predicted octanol–water partition coefficient (Wildman–Crippen LogP) is 2.53. The van der Waals surface area contributed by atoms with Gasteiger partial charge in [-0.3, -0.25) is 14.5 Å². The number of fused-ring (bicyclic) bond motifs is 1. The summed E-state index contributed by atoms with van der Waals surface area (Å²) in [6, 6.07) is 14.5. The van der Waals surface area contributed by atoms with Crippen LogP contribution in [0.5, 0.6) is 0 Å². The molecular formula is C17H13NO4S. The monoisotopic (exact) mass is 327 g/mol. The van der Waals surface area contributed by atoms with Gasteiger partial charge in [0.05, 0.1) is 11.1 Å². The van der Waals surface area contributed by atoms with Crippen molar-refractivity contribution in [1.82, 2.24) is 4.90 Å². The number of carboxylic acids is 1. The molecule has 0 saturated heterocycles. The molecule has 0 saturated carbocycles. The van der Waals surface area contributed by atoms with Gasteiger partial charge in [-0.05, 0) is 24.3 Å². The number of carbonyl (C=O) groups is 3. The third kappa shape index (κ3) is 2.85. The number of carbonyl (C=O) groups excluding carboxylic acids is 2. The molecular weight excluding hydrogens is 314 g/mol. The van der Waals surface area contributed by atoms with Gasteiger partial charge in [-0.15, -0.1) is 11.8 Å². The largest absolute Gasteiger partial charge is 0.480 e. The normalized spacial score (nSPS) is 14.7. The molecule has 2 aromatic carbocycles. The van der Waals surface area contributed by atoms with Crippen molar-refractivity contribution in [3.8, 4) is 0 Å². The molecule has 1 aliphatic rings. The Labute approximate surface area is 136 Å². The van der Waals surface area contributed by atoms with E-state index in [1.807, 2.05) is 30.3 Å². The molecule has 0 aliphatic carbocycles. The number of hydrogen-bond donors (Lipinski definition) is 1. The van der Waals surface area contributed by atoms with Crippen LogP contribution in [0.3, 0.4) is 0 Å². The average Bonchev–Trinajstić information content (AvgIpc) is 2.81. The summed E-state index contributed by atoms with van der Waals surface area (Å²) >= 11 is 1.30. The van der Waals surface area contributed by atoms with Crippen molar-refractivity contribution in [3.05, 3.63) is 65.7 Å². The lowest BCUT2D eigenvalue weighted by molar-refractivity contribution is -0.140. The highest BCUT2D eigenvalue weighted by atomic mass is 32.2. The lowest BCUT2D eigenvalue weighted by Gasteiger charge is -2.22. The van der Waals surface area contributed by atoms with E-state index >= 15 is 0 Å². The second-order valence-electron chi connectivity index (χ2n) is 5.00. The highest BCUT2D eigenvalue weighted by Gasteiger charge is 2.42. The van der Waals surface area contributed by atoms with E-state index in [0.29, 0.717) is 0 Å². The summed E-state index contributed by atoms with van der Waals surface area (Å²) in [6.45, 7) is 0. The summed E-state index contributed by atoms with van der Waals surface area (Å²) in [4.78, 5) is 38.1. The maximum absolute atomic E-state index is 12.4.